The van der Waals surface area contributed by atoms with Crippen molar-refractivity contribution in [3.63, 3.8) is 0 Å². The summed E-state index contributed by atoms with van der Waals surface area (Å²) in [6, 6.07) is 0. The molecule has 0 spiro atoms. The van der Waals surface area contributed by atoms with E-state index in [1.807, 2.05) is 4.90 Å². The molecule has 0 unspecified atom stereocenters. The van der Waals surface area contributed by atoms with Gasteiger partial charge in [-0.25, -0.2) is 9.59 Å². The van der Waals surface area contributed by atoms with Crippen LogP contribution in [-0.4, -0.2) is 73.1 Å². The van der Waals surface area contributed by atoms with Crippen LogP contribution in [0.2, 0.25) is 0 Å². The van der Waals surface area contributed by atoms with Crippen molar-refractivity contribution < 1.29 is 29.3 Å². The van der Waals surface area contributed by atoms with Crippen LogP contribution < -0.4 is 0 Å². The summed E-state index contributed by atoms with van der Waals surface area (Å²) < 4.78 is 9.81. The summed E-state index contributed by atoms with van der Waals surface area (Å²) in [5.41, 5.74) is 0. The standard InChI is InChI=1S/C11H19NO6/c1-2-3-12(4-6-17-8-10(13)14)5-7-18-9-11(15)16/h2H,1,3-9H2,(H,13,14)(H,15,16). The molecule has 104 valence electrons. The van der Waals surface area contributed by atoms with Crippen molar-refractivity contribution in [3.8, 4) is 0 Å². The van der Waals surface area contributed by atoms with Gasteiger partial charge in [-0.3, -0.25) is 4.90 Å². The van der Waals surface area contributed by atoms with Crippen LogP contribution in [0.5, 0.6) is 0 Å². The van der Waals surface area contributed by atoms with E-state index in [9.17, 15) is 9.59 Å². The van der Waals surface area contributed by atoms with Gasteiger partial charge in [-0.1, -0.05) is 6.08 Å². The third kappa shape index (κ3) is 11.1. The molecule has 0 aliphatic rings. The lowest BCUT2D eigenvalue weighted by atomic mass is 10.4. The molecule has 0 aliphatic carbocycles. The summed E-state index contributed by atoms with van der Waals surface area (Å²) in [6.07, 6.45) is 1.70. The molecule has 18 heavy (non-hydrogen) atoms. The average Bonchev–Trinajstić information content (AvgIpc) is 2.29. The highest BCUT2D eigenvalue weighted by atomic mass is 16.5. The molecule has 0 aromatic carbocycles. The van der Waals surface area contributed by atoms with Gasteiger partial charge in [-0.2, -0.15) is 0 Å². The Bertz CT molecular complexity index is 246. The second-order valence-electron chi connectivity index (χ2n) is 3.48. The fraction of sp³-hybridized carbons (Fsp3) is 0.636. The van der Waals surface area contributed by atoms with Crippen molar-refractivity contribution in [1.29, 1.82) is 0 Å². The van der Waals surface area contributed by atoms with E-state index in [-0.39, 0.29) is 13.2 Å². The van der Waals surface area contributed by atoms with E-state index in [0.717, 1.165) is 0 Å². The van der Waals surface area contributed by atoms with E-state index in [4.69, 9.17) is 19.7 Å². The topological polar surface area (TPSA) is 96.3 Å². The van der Waals surface area contributed by atoms with E-state index in [2.05, 4.69) is 6.58 Å². The molecule has 0 fully saturated rings. The van der Waals surface area contributed by atoms with Crippen LogP contribution in [0, 0.1) is 0 Å². The minimum atomic E-state index is -1.00. The number of hydrogen-bond acceptors (Lipinski definition) is 5. The minimum Gasteiger partial charge on any atom is -0.480 e. The van der Waals surface area contributed by atoms with Gasteiger partial charge in [-0.05, 0) is 0 Å². The average molecular weight is 261 g/mol. The van der Waals surface area contributed by atoms with Gasteiger partial charge in [0.05, 0.1) is 13.2 Å². The highest BCUT2D eigenvalue weighted by Crippen LogP contribution is 1.90. The van der Waals surface area contributed by atoms with Gasteiger partial charge in [-0.15, -0.1) is 6.58 Å². The number of nitrogens with zero attached hydrogens (tertiary/aromatic N) is 1. The van der Waals surface area contributed by atoms with E-state index < -0.39 is 11.9 Å². The molecule has 0 bridgehead atoms. The molecule has 0 aromatic heterocycles. The fourth-order valence-electron chi connectivity index (χ4n) is 1.18. The first-order valence-electron chi connectivity index (χ1n) is 5.48. The zero-order valence-electron chi connectivity index (χ0n) is 10.2. The van der Waals surface area contributed by atoms with Crippen LogP contribution in [0.25, 0.3) is 0 Å². The highest BCUT2D eigenvalue weighted by molar-refractivity contribution is 5.68. The number of rotatable bonds is 12. The molecule has 0 aromatic rings. The van der Waals surface area contributed by atoms with Crippen LogP contribution in [0.3, 0.4) is 0 Å². The first kappa shape index (κ1) is 16.6. The van der Waals surface area contributed by atoms with E-state index in [1.165, 1.54) is 0 Å². The molecular weight excluding hydrogens is 242 g/mol. The third-order valence-corrected chi connectivity index (χ3v) is 1.94. The Kier molecular flexibility index (Phi) is 9.84. The maximum atomic E-state index is 10.2. The molecule has 7 nitrogen and oxygen atoms in total. The SMILES string of the molecule is C=CCN(CCOCC(=O)O)CCOCC(=O)O. The van der Waals surface area contributed by atoms with E-state index in [1.54, 1.807) is 6.08 Å². The third-order valence-electron chi connectivity index (χ3n) is 1.94. The maximum absolute atomic E-state index is 10.2. The van der Waals surface area contributed by atoms with Gasteiger partial charge in [0.2, 0.25) is 0 Å². The van der Waals surface area contributed by atoms with Gasteiger partial charge < -0.3 is 19.7 Å². The predicted octanol–water partition coefficient (Wildman–Crippen LogP) is -0.323. The molecule has 0 aliphatic heterocycles. The Labute approximate surface area is 106 Å². The highest BCUT2D eigenvalue weighted by Gasteiger charge is 2.04. The number of carboxylic acids is 2. The van der Waals surface area contributed by atoms with Gasteiger partial charge in [0.1, 0.15) is 13.2 Å². The maximum Gasteiger partial charge on any atom is 0.329 e. The van der Waals surface area contributed by atoms with Crippen molar-refractivity contribution >= 4 is 11.9 Å². The van der Waals surface area contributed by atoms with Crippen molar-refractivity contribution in [3.05, 3.63) is 12.7 Å². The quantitative estimate of drug-likeness (QED) is 0.367. The van der Waals surface area contributed by atoms with Crippen molar-refractivity contribution in [2.24, 2.45) is 0 Å². The van der Waals surface area contributed by atoms with Crippen LogP contribution in [0.4, 0.5) is 0 Å². The first-order valence-corrected chi connectivity index (χ1v) is 5.48. The lowest BCUT2D eigenvalue weighted by molar-refractivity contribution is -0.142. The molecular formula is C11H19NO6. The molecule has 2 N–H and O–H groups in total. The Hall–Kier alpha value is -1.44. The van der Waals surface area contributed by atoms with Gasteiger partial charge in [0.25, 0.3) is 0 Å². The number of carbonyl (C=O) groups is 2. The molecule has 0 heterocycles. The monoisotopic (exact) mass is 261 g/mol. The Morgan fingerprint density at radius 3 is 1.83 bits per heavy atom. The first-order chi connectivity index (χ1) is 8.56. The van der Waals surface area contributed by atoms with Crippen molar-refractivity contribution in [1.82, 2.24) is 4.90 Å². The summed E-state index contributed by atoms with van der Waals surface area (Å²) >= 11 is 0. The molecule has 0 atom stereocenters. The molecule has 0 rings (SSSR count). The number of carboxylic acid groups (broad SMARTS) is 2. The zero-order chi connectivity index (χ0) is 13.8. The summed E-state index contributed by atoms with van der Waals surface area (Å²) in [5.74, 6) is -2.01. The van der Waals surface area contributed by atoms with Crippen molar-refractivity contribution in [2.45, 2.75) is 0 Å². The second kappa shape index (κ2) is 10.7. The number of ether oxygens (including phenoxy) is 2. The van der Waals surface area contributed by atoms with Crippen molar-refractivity contribution in [2.75, 3.05) is 46.1 Å². The zero-order valence-corrected chi connectivity index (χ0v) is 10.2. The summed E-state index contributed by atoms with van der Waals surface area (Å²) in [5, 5.41) is 16.8. The van der Waals surface area contributed by atoms with Crippen LogP contribution in [0.1, 0.15) is 0 Å². The summed E-state index contributed by atoms with van der Waals surface area (Å²) in [6.45, 7) is 5.22. The Morgan fingerprint density at radius 1 is 1.06 bits per heavy atom. The molecule has 0 radical (unpaired) electrons. The summed E-state index contributed by atoms with van der Waals surface area (Å²) in [7, 11) is 0. The molecule has 0 saturated carbocycles. The van der Waals surface area contributed by atoms with Crippen LogP contribution >= 0.6 is 0 Å². The largest absolute Gasteiger partial charge is 0.480 e. The Balaban J connectivity index is 3.67. The lowest BCUT2D eigenvalue weighted by Crippen LogP contribution is -2.32. The normalized spacial score (nSPS) is 10.5. The minimum absolute atomic E-state index is 0.291. The van der Waals surface area contributed by atoms with E-state index in [0.29, 0.717) is 32.8 Å². The fourth-order valence-corrected chi connectivity index (χ4v) is 1.18. The molecule has 0 saturated heterocycles. The second-order valence-corrected chi connectivity index (χ2v) is 3.48. The number of hydrogen-bond donors (Lipinski definition) is 2. The number of aliphatic carboxylic acids is 2. The molecule has 7 heteroatoms. The summed E-state index contributed by atoms with van der Waals surface area (Å²) in [4.78, 5) is 22.4. The Morgan fingerprint density at radius 2 is 1.50 bits per heavy atom. The van der Waals surface area contributed by atoms with E-state index >= 15 is 0 Å². The van der Waals surface area contributed by atoms with Gasteiger partial charge >= 0.3 is 11.9 Å². The van der Waals surface area contributed by atoms with Gasteiger partial charge in [0, 0.05) is 19.6 Å². The molecule has 0 amide bonds. The van der Waals surface area contributed by atoms with Gasteiger partial charge in [0.15, 0.2) is 0 Å². The lowest BCUT2D eigenvalue weighted by Gasteiger charge is -2.19. The van der Waals surface area contributed by atoms with Crippen LogP contribution in [0.15, 0.2) is 12.7 Å². The smallest absolute Gasteiger partial charge is 0.329 e. The van der Waals surface area contributed by atoms with Crippen LogP contribution in [-0.2, 0) is 19.1 Å². The predicted molar refractivity (Wildman–Crippen MR) is 63.5 cm³/mol.